The van der Waals surface area contributed by atoms with Gasteiger partial charge in [-0.1, -0.05) is 12.1 Å². The van der Waals surface area contributed by atoms with Crippen LogP contribution in [0.5, 0.6) is 0 Å². The van der Waals surface area contributed by atoms with Crippen molar-refractivity contribution in [2.75, 3.05) is 12.8 Å². The minimum Gasteiger partial charge on any atom is -0.481 e. The summed E-state index contributed by atoms with van der Waals surface area (Å²) in [7, 11) is 1.17. The first-order valence-electron chi connectivity index (χ1n) is 9.83. The number of hydrogen-bond acceptors (Lipinski definition) is 7. The highest BCUT2D eigenvalue weighted by Gasteiger charge is 2.23. The normalized spacial score (nSPS) is 11.8. The first-order valence-corrected chi connectivity index (χ1v) is 9.83. The van der Waals surface area contributed by atoms with Gasteiger partial charge in [-0.15, -0.1) is 0 Å². The van der Waals surface area contributed by atoms with Crippen molar-refractivity contribution in [2.45, 2.75) is 31.7 Å². The van der Waals surface area contributed by atoms with Crippen molar-refractivity contribution in [1.29, 1.82) is 0 Å². The van der Waals surface area contributed by atoms with Crippen LogP contribution in [0.1, 0.15) is 34.3 Å². The van der Waals surface area contributed by atoms with Crippen molar-refractivity contribution < 1.29 is 24.2 Å². The fourth-order valence-corrected chi connectivity index (χ4v) is 3.32. The zero-order valence-electron chi connectivity index (χ0n) is 17.3. The predicted molar refractivity (Wildman–Crippen MR) is 115 cm³/mol. The summed E-state index contributed by atoms with van der Waals surface area (Å²) < 4.78 is 4.63. The molecule has 0 aliphatic rings. The lowest BCUT2D eigenvalue weighted by Crippen LogP contribution is -2.41. The molecule has 0 saturated heterocycles. The standard InChI is InChI=1S/C21H23N5O6/c1-32-20(31)14(8-9-15(27)28)24-18(29)12-5-2-11(3-6-12)4-7-13-10-23-17-16(13)19(30)26-21(22)25-17/h2-3,5-6,10,14H,4,7-9H2,1H3,(H,24,29)(H,27,28)(H4,22,23,25,26,30). The smallest absolute Gasteiger partial charge is 0.328 e. The maximum Gasteiger partial charge on any atom is 0.328 e. The van der Waals surface area contributed by atoms with Gasteiger partial charge in [0, 0.05) is 18.2 Å². The summed E-state index contributed by atoms with van der Waals surface area (Å²) in [6.07, 6.45) is 2.55. The third-order valence-corrected chi connectivity index (χ3v) is 4.98. The maximum atomic E-state index is 12.5. The largest absolute Gasteiger partial charge is 0.481 e. The molecular weight excluding hydrogens is 418 g/mol. The van der Waals surface area contributed by atoms with E-state index in [1.54, 1.807) is 30.5 Å². The molecule has 3 rings (SSSR count). The first-order chi connectivity index (χ1) is 15.3. The molecule has 168 valence electrons. The van der Waals surface area contributed by atoms with Crippen LogP contribution < -0.4 is 16.6 Å². The van der Waals surface area contributed by atoms with Gasteiger partial charge in [0.2, 0.25) is 5.95 Å². The van der Waals surface area contributed by atoms with Crippen LogP contribution in [0.25, 0.3) is 11.0 Å². The molecule has 0 saturated carbocycles. The highest BCUT2D eigenvalue weighted by Crippen LogP contribution is 2.16. The number of nitrogen functional groups attached to an aromatic ring is 1. The molecular formula is C21H23N5O6. The lowest BCUT2D eigenvalue weighted by atomic mass is 10.0. The maximum absolute atomic E-state index is 12.5. The van der Waals surface area contributed by atoms with Crippen molar-refractivity contribution in [2.24, 2.45) is 0 Å². The second-order valence-corrected chi connectivity index (χ2v) is 7.17. The molecule has 0 aliphatic heterocycles. The highest BCUT2D eigenvalue weighted by molar-refractivity contribution is 5.96. The Labute approximate surface area is 182 Å². The number of aliphatic carboxylic acids is 1. The zero-order chi connectivity index (χ0) is 23.3. The molecule has 32 heavy (non-hydrogen) atoms. The number of aromatic nitrogens is 3. The fourth-order valence-electron chi connectivity index (χ4n) is 3.32. The van der Waals surface area contributed by atoms with Crippen molar-refractivity contribution in [3.05, 3.63) is 57.5 Å². The van der Waals surface area contributed by atoms with E-state index in [0.29, 0.717) is 29.4 Å². The number of carbonyl (C=O) groups excluding carboxylic acids is 2. The molecule has 1 aromatic carbocycles. The van der Waals surface area contributed by atoms with Crippen LogP contribution in [-0.2, 0) is 27.2 Å². The van der Waals surface area contributed by atoms with Crippen LogP contribution in [0.3, 0.4) is 0 Å². The molecule has 6 N–H and O–H groups in total. The lowest BCUT2D eigenvalue weighted by molar-refractivity contribution is -0.143. The SMILES string of the molecule is COC(=O)C(CCC(=O)O)NC(=O)c1ccc(CCc2c[nH]c3nc(N)[nH]c(=O)c23)cc1. The summed E-state index contributed by atoms with van der Waals surface area (Å²) in [4.78, 5) is 56.7. The summed E-state index contributed by atoms with van der Waals surface area (Å²) >= 11 is 0. The number of fused-ring (bicyclic) bond motifs is 1. The van der Waals surface area contributed by atoms with E-state index in [-0.39, 0.29) is 24.3 Å². The van der Waals surface area contributed by atoms with Gasteiger partial charge in [-0.2, -0.15) is 4.98 Å². The Morgan fingerprint density at radius 1 is 1.22 bits per heavy atom. The Bertz CT molecular complexity index is 1200. The molecule has 11 heteroatoms. The summed E-state index contributed by atoms with van der Waals surface area (Å²) in [5, 5.41) is 11.8. The van der Waals surface area contributed by atoms with E-state index in [1.807, 2.05) is 0 Å². The summed E-state index contributed by atoms with van der Waals surface area (Å²) in [6.45, 7) is 0. The van der Waals surface area contributed by atoms with Gasteiger partial charge in [0.15, 0.2) is 0 Å². The summed E-state index contributed by atoms with van der Waals surface area (Å²) in [5.74, 6) is -2.25. The Kier molecular flexibility index (Phi) is 6.88. The number of rotatable bonds is 9. The number of aryl methyl sites for hydroxylation is 2. The Balaban J connectivity index is 1.64. The number of carboxylic acids is 1. The van der Waals surface area contributed by atoms with Crippen LogP contribution in [0.4, 0.5) is 5.95 Å². The molecule has 1 unspecified atom stereocenters. The number of esters is 1. The quantitative estimate of drug-likeness (QED) is 0.302. The average molecular weight is 441 g/mol. The second kappa shape index (κ2) is 9.77. The zero-order valence-corrected chi connectivity index (χ0v) is 17.3. The fraction of sp³-hybridized carbons (Fsp3) is 0.286. The summed E-state index contributed by atoms with van der Waals surface area (Å²) in [6, 6.07) is 5.72. The molecule has 2 heterocycles. The highest BCUT2D eigenvalue weighted by atomic mass is 16.5. The molecule has 1 atom stereocenters. The van der Waals surface area contributed by atoms with E-state index in [1.165, 1.54) is 7.11 Å². The van der Waals surface area contributed by atoms with Gasteiger partial charge in [-0.05, 0) is 42.5 Å². The molecule has 0 bridgehead atoms. The Morgan fingerprint density at radius 2 is 1.94 bits per heavy atom. The number of aromatic amines is 2. The number of carbonyl (C=O) groups is 3. The number of nitrogens with one attached hydrogen (secondary N) is 3. The number of H-pyrrole nitrogens is 2. The average Bonchev–Trinajstić information content (AvgIpc) is 3.17. The number of benzene rings is 1. The molecule has 1 amide bonds. The van der Waals surface area contributed by atoms with Gasteiger partial charge in [0.25, 0.3) is 11.5 Å². The third-order valence-electron chi connectivity index (χ3n) is 4.98. The first kappa shape index (κ1) is 22.5. The van der Waals surface area contributed by atoms with Crippen LogP contribution in [0.15, 0.2) is 35.3 Å². The van der Waals surface area contributed by atoms with Gasteiger partial charge in [-0.25, -0.2) is 4.79 Å². The Hall–Kier alpha value is -4.15. The number of anilines is 1. The van der Waals surface area contributed by atoms with Crippen molar-refractivity contribution in [1.82, 2.24) is 20.3 Å². The molecule has 0 radical (unpaired) electrons. The van der Waals surface area contributed by atoms with Crippen LogP contribution >= 0.6 is 0 Å². The van der Waals surface area contributed by atoms with E-state index in [4.69, 9.17) is 10.8 Å². The Morgan fingerprint density at radius 3 is 2.59 bits per heavy atom. The molecule has 3 aromatic rings. The van der Waals surface area contributed by atoms with Crippen molar-refractivity contribution >= 4 is 34.8 Å². The number of amides is 1. The van der Waals surface area contributed by atoms with Gasteiger partial charge in [-0.3, -0.25) is 19.4 Å². The van der Waals surface area contributed by atoms with Crippen LogP contribution in [0, 0.1) is 0 Å². The van der Waals surface area contributed by atoms with E-state index >= 15 is 0 Å². The molecule has 0 aliphatic carbocycles. The molecule has 2 aromatic heterocycles. The lowest BCUT2D eigenvalue weighted by Gasteiger charge is -2.15. The van der Waals surface area contributed by atoms with E-state index < -0.39 is 23.9 Å². The number of nitrogens with zero attached hydrogens (tertiary/aromatic N) is 1. The van der Waals surface area contributed by atoms with Gasteiger partial charge >= 0.3 is 11.9 Å². The third kappa shape index (κ3) is 5.31. The van der Waals surface area contributed by atoms with E-state index in [9.17, 15) is 19.2 Å². The predicted octanol–water partition coefficient (Wildman–Crippen LogP) is 0.755. The van der Waals surface area contributed by atoms with Crippen LogP contribution in [-0.4, -0.2) is 51.1 Å². The monoisotopic (exact) mass is 441 g/mol. The second-order valence-electron chi connectivity index (χ2n) is 7.17. The molecule has 0 spiro atoms. The number of nitrogens with two attached hydrogens (primary N) is 1. The summed E-state index contributed by atoms with van der Waals surface area (Å²) in [5.41, 5.74) is 7.73. The van der Waals surface area contributed by atoms with Gasteiger partial charge < -0.3 is 25.9 Å². The number of ether oxygens (including phenoxy) is 1. The molecule has 11 nitrogen and oxygen atoms in total. The van der Waals surface area contributed by atoms with Gasteiger partial charge in [0.1, 0.15) is 11.7 Å². The van der Waals surface area contributed by atoms with Gasteiger partial charge in [0.05, 0.1) is 12.5 Å². The number of carboxylic acid groups (broad SMARTS) is 1. The number of hydrogen-bond donors (Lipinski definition) is 5. The number of methoxy groups -OCH3 is 1. The minimum atomic E-state index is -1.08. The topological polar surface area (TPSA) is 180 Å². The van der Waals surface area contributed by atoms with Crippen molar-refractivity contribution in [3.63, 3.8) is 0 Å². The van der Waals surface area contributed by atoms with Crippen molar-refractivity contribution in [3.8, 4) is 0 Å². The van der Waals surface area contributed by atoms with Crippen LogP contribution in [0.2, 0.25) is 0 Å². The van der Waals surface area contributed by atoms with E-state index in [2.05, 4.69) is 25.0 Å². The van der Waals surface area contributed by atoms with E-state index in [0.717, 1.165) is 11.1 Å². The molecule has 0 fully saturated rings. The minimum absolute atomic E-state index is 0.0437.